The lowest BCUT2D eigenvalue weighted by Crippen LogP contribution is -2.18. The van der Waals surface area contributed by atoms with Gasteiger partial charge in [-0.15, -0.1) is 13.2 Å². The van der Waals surface area contributed by atoms with Gasteiger partial charge in [0.05, 0.1) is 13.3 Å². The van der Waals surface area contributed by atoms with E-state index in [0.29, 0.717) is 22.4 Å². The molecule has 8 nitrogen and oxygen atoms in total. The van der Waals surface area contributed by atoms with Crippen LogP contribution in [0.1, 0.15) is 12.8 Å². The quantitative estimate of drug-likeness (QED) is 0.633. The Morgan fingerprint density at radius 2 is 2.06 bits per heavy atom. The van der Waals surface area contributed by atoms with Crippen LogP contribution in [-0.2, 0) is 16.6 Å². The van der Waals surface area contributed by atoms with Crippen molar-refractivity contribution in [1.29, 1.82) is 0 Å². The van der Waals surface area contributed by atoms with Crippen molar-refractivity contribution in [2.24, 2.45) is 7.05 Å². The van der Waals surface area contributed by atoms with Gasteiger partial charge in [0, 0.05) is 36.4 Å². The van der Waals surface area contributed by atoms with Crippen LogP contribution in [-0.4, -0.2) is 39.1 Å². The van der Waals surface area contributed by atoms with E-state index in [4.69, 9.17) is 4.74 Å². The van der Waals surface area contributed by atoms with Crippen LogP contribution >= 0.6 is 0 Å². The number of hydrogen-bond donors (Lipinski definition) is 2. The number of halogens is 3. The predicted molar refractivity (Wildman–Crippen MR) is 106 cm³/mol. The zero-order valence-corrected chi connectivity index (χ0v) is 16.6. The molecule has 0 radical (unpaired) electrons. The zero-order valence-electron chi connectivity index (χ0n) is 16.6. The molecule has 1 aliphatic carbocycles. The van der Waals surface area contributed by atoms with E-state index in [-0.39, 0.29) is 24.5 Å². The molecule has 0 fully saturated rings. The highest BCUT2D eigenvalue weighted by molar-refractivity contribution is 6.05. The van der Waals surface area contributed by atoms with Crippen molar-refractivity contribution in [2.75, 3.05) is 12.4 Å². The minimum Gasteiger partial charge on any atom is -0.494 e. The van der Waals surface area contributed by atoms with Gasteiger partial charge in [-0.2, -0.15) is 5.10 Å². The molecule has 11 heteroatoms. The van der Waals surface area contributed by atoms with E-state index >= 15 is 0 Å². The number of anilines is 1. The summed E-state index contributed by atoms with van der Waals surface area (Å²) < 4.78 is 47.9. The number of aromatic amines is 1. The lowest BCUT2D eigenvalue weighted by atomic mass is 10.0. The highest BCUT2D eigenvalue weighted by atomic mass is 19.4. The van der Waals surface area contributed by atoms with Crippen molar-refractivity contribution in [2.45, 2.75) is 19.2 Å². The van der Waals surface area contributed by atoms with E-state index in [0.717, 1.165) is 17.2 Å². The second kappa shape index (κ2) is 7.82. The van der Waals surface area contributed by atoms with E-state index < -0.39 is 12.3 Å². The molecule has 0 saturated heterocycles. The molecule has 162 valence electrons. The first-order chi connectivity index (χ1) is 14.7. The summed E-state index contributed by atoms with van der Waals surface area (Å²) in [6.45, 7) is 0. The highest BCUT2D eigenvalue weighted by Crippen LogP contribution is 2.34. The van der Waals surface area contributed by atoms with Gasteiger partial charge in [-0.3, -0.25) is 14.8 Å². The van der Waals surface area contributed by atoms with E-state index in [1.165, 1.54) is 13.2 Å². The molecule has 0 bridgehead atoms. The SMILES string of the molecule is COc1ccc(-c2cnn(C)c2)c2nc(NC(=O)C3=CC=C(OC(F)(F)F)CC3)[nH]c12. The molecule has 1 aliphatic rings. The standard InChI is InChI=1S/C20H18F3N5O3/c1-28-10-12(9-24-28)14-7-8-15(30-2)17-16(14)25-19(26-17)27-18(29)11-3-5-13(6-4-11)31-20(21,22)23/h3,5,7-10H,4,6H2,1-2H3,(H2,25,26,27,29). The molecule has 2 aromatic heterocycles. The van der Waals surface area contributed by atoms with Crippen molar-refractivity contribution in [1.82, 2.24) is 19.7 Å². The van der Waals surface area contributed by atoms with Gasteiger partial charge < -0.3 is 14.5 Å². The topological polar surface area (TPSA) is 94.1 Å². The van der Waals surface area contributed by atoms with Gasteiger partial charge >= 0.3 is 6.36 Å². The van der Waals surface area contributed by atoms with E-state index in [9.17, 15) is 18.0 Å². The van der Waals surface area contributed by atoms with Gasteiger partial charge in [0.15, 0.2) is 0 Å². The van der Waals surface area contributed by atoms with Crippen molar-refractivity contribution >= 4 is 22.9 Å². The number of carbonyl (C=O) groups is 1. The number of fused-ring (bicyclic) bond motifs is 1. The number of rotatable bonds is 5. The Bertz CT molecular complexity index is 1210. The fourth-order valence-corrected chi connectivity index (χ4v) is 3.32. The number of carbonyl (C=O) groups excluding carboxylic acids is 1. The molecule has 3 aromatic rings. The zero-order chi connectivity index (χ0) is 22.2. The Morgan fingerprint density at radius 3 is 2.68 bits per heavy atom. The number of hydrogen-bond acceptors (Lipinski definition) is 5. The third kappa shape index (κ3) is 4.39. The van der Waals surface area contributed by atoms with Gasteiger partial charge in [0.2, 0.25) is 5.95 Å². The number of aromatic nitrogens is 4. The molecule has 31 heavy (non-hydrogen) atoms. The number of amides is 1. The lowest BCUT2D eigenvalue weighted by molar-refractivity contribution is -0.306. The Balaban J connectivity index is 1.60. The van der Waals surface area contributed by atoms with E-state index in [1.807, 2.05) is 12.3 Å². The minimum atomic E-state index is -4.75. The second-order valence-corrected chi connectivity index (χ2v) is 6.85. The van der Waals surface area contributed by atoms with Crippen molar-refractivity contribution < 1.29 is 27.4 Å². The molecule has 1 aromatic carbocycles. The van der Waals surface area contributed by atoms with Crippen LogP contribution < -0.4 is 10.1 Å². The van der Waals surface area contributed by atoms with Gasteiger partial charge in [0.25, 0.3) is 5.91 Å². The average Bonchev–Trinajstić information content (AvgIpc) is 3.32. The first-order valence-corrected chi connectivity index (χ1v) is 9.26. The maximum absolute atomic E-state index is 12.6. The molecule has 1 amide bonds. The number of benzene rings is 1. The number of ether oxygens (including phenoxy) is 2. The minimum absolute atomic E-state index is 0.0299. The molecule has 0 unspecified atom stereocenters. The summed E-state index contributed by atoms with van der Waals surface area (Å²) in [7, 11) is 3.33. The molecule has 0 saturated carbocycles. The van der Waals surface area contributed by atoms with Crippen molar-refractivity contribution in [3.05, 3.63) is 48.0 Å². The second-order valence-electron chi connectivity index (χ2n) is 6.85. The summed E-state index contributed by atoms with van der Waals surface area (Å²) in [5.41, 5.74) is 3.14. The van der Waals surface area contributed by atoms with Gasteiger partial charge in [-0.05, 0) is 24.6 Å². The number of methoxy groups -OCH3 is 1. The Morgan fingerprint density at radius 1 is 1.26 bits per heavy atom. The molecule has 0 spiro atoms. The number of H-pyrrole nitrogens is 1. The first-order valence-electron chi connectivity index (χ1n) is 9.26. The van der Waals surface area contributed by atoms with Gasteiger partial charge in [-0.25, -0.2) is 4.98 Å². The molecule has 0 atom stereocenters. The fourth-order valence-electron chi connectivity index (χ4n) is 3.32. The predicted octanol–water partition coefficient (Wildman–Crippen LogP) is 4.05. The third-order valence-corrected chi connectivity index (χ3v) is 4.72. The van der Waals surface area contributed by atoms with Crippen LogP contribution in [0.4, 0.5) is 19.1 Å². The van der Waals surface area contributed by atoms with E-state index in [1.54, 1.807) is 24.0 Å². The highest BCUT2D eigenvalue weighted by Gasteiger charge is 2.32. The van der Waals surface area contributed by atoms with Crippen LogP contribution in [0.25, 0.3) is 22.2 Å². The number of aryl methyl sites for hydroxylation is 1. The third-order valence-electron chi connectivity index (χ3n) is 4.72. The van der Waals surface area contributed by atoms with Gasteiger partial charge in [-0.1, -0.05) is 6.08 Å². The number of nitrogens with one attached hydrogen (secondary N) is 2. The van der Waals surface area contributed by atoms with Crippen molar-refractivity contribution in [3.8, 4) is 16.9 Å². The molecule has 4 rings (SSSR count). The molecular formula is C20H18F3N5O3. The number of nitrogens with zero attached hydrogens (tertiary/aromatic N) is 3. The smallest absolute Gasteiger partial charge is 0.494 e. The number of imidazole rings is 1. The summed E-state index contributed by atoms with van der Waals surface area (Å²) in [6, 6.07) is 3.63. The normalized spacial score (nSPS) is 14.2. The van der Waals surface area contributed by atoms with E-state index in [2.05, 4.69) is 25.1 Å². The Kier molecular flexibility index (Phi) is 5.17. The fraction of sp³-hybridized carbons (Fsp3) is 0.250. The van der Waals surface area contributed by atoms with Crippen LogP contribution in [0, 0.1) is 0 Å². The average molecular weight is 433 g/mol. The summed E-state index contributed by atoms with van der Waals surface area (Å²) in [4.78, 5) is 20.1. The maximum Gasteiger partial charge on any atom is 0.572 e. The molecule has 0 aliphatic heterocycles. The van der Waals surface area contributed by atoms with Crippen molar-refractivity contribution in [3.63, 3.8) is 0 Å². The number of allylic oxidation sites excluding steroid dienone is 3. The summed E-state index contributed by atoms with van der Waals surface area (Å²) in [6.07, 6.45) is 1.33. The number of alkyl halides is 3. The lowest BCUT2D eigenvalue weighted by Gasteiger charge is -2.16. The Hall–Kier alpha value is -3.76. The molecular weight excluding hydrogens is 415 g/mol. The van der Waals surface area contributed by atoms with Gasteiger partial charge in [0.1, 0.15) is 22.5 Å². The summed E-state index contributed by atoms with van der Waals surface area (Å²) in [5.74, 6) is 0.0307. The molecule has 2 N–H and O–H groups in total. The van der Waals surface area contributed by atoms with Crippen LogP contribution in [0.3, 0.4) is 0 Å². The largest absolute Gasteiger partial charge is 0.572 e. The van der Waals surface area contributed by atoms with Crippen LogP contribution in [0.2, 0.25) is 0 Å². The first kappa shape index (κ1) is 20.5. The summed E-state index contributed by atoms with van der Waals surface area (Å²) >= 11 is 0. The maximum atomic E-state index is 12.6. The van der Waals surface area contributed by atoms with Crippen LogP contribution in [0.5, 0.6) is 5.75 Å². The molecule has 2 heterocycles. The van der Waals surface area contributed by atoms with Crippen LogP contribution in [0.15, 0.2) is 48.0 Å². The monoisotopic (exact) mass is 433 g/mol. The Labute approximate surface area is 174 Å². The summed E-state index contributed by atoms with van der Waals surface area (Å²) in [5, 5.41) is 6.83.